The standard InChI is InChI=1S/C26H22F8N6O3/c1-12(38-19-10-37-39-23(42)21(19)26(32,33)34)4-15(27)11-40-3-2-14-6-17(18(28)7-16(14)24(40)43)22-35-8-13(9-36-22)5-20(41)25(29,30)31/h2-3,6-10,12,15,20,41H,4-5,11H2,1H3,(H2,38,39,42)/t12-,15-,20+/m1/s1. The van der Waals surface area contributed by atoms with Crippen LogP contribution in [-0.2, 0) is 19.1 Å². The van der Waals surface area contributed by atoms with Crippen LogP contribution in [-0.4, -0.2) is 54.3 Å². The van der Waals surface area contributed by atoms with Gasteiger partial charge in [0.15, 0.2) is 11.9 Å². The number of aliphatic hydroxyl groups is 1. The van der Waals surface area contributed by atoms with Crippen LogP contribution in [0.25, 0.3) is 22.2 Å². The van der Waals surface area contributed by atoms with Gasteiger partial charge in [0.1, 0.15) is 17.6 Å². The van der Waals surface area contributed by atoms with Gasteiger partial charge < -0.3 is 15.0 Å². The van der Waals surface area contributed by atoms with E-state index >= 15 is 0 Å². The monoisotopic (exact) mass is 618 g/mol. The van der Waals surface area contributed by atoms with Crippen LogP contribution in [0.5, 0.6) is 0 Å². The molecule has 1 aromatic carbocycles. The average Bonchev–Trinajstić information content (AvgIpc) is 2.89. The highest BCUT2D eigenvalue weighted by Crippen LogP contribution is 2.32. The van der Waals surface area contributed by atoms with Crippen LogP contribution in [0.2, 0.25) is 0 Å². The van der Waals surface area contributed by atoms with Gasteiger partial charge in [-0.25, -0.2) is 23.8 Å². The van der Waals surface area contributed by atoms with Gasteiger partial charge >= 0.3 is 12.4 Å². The Morgan fingerprint density at radius 3 is 2.37 bits per heavy atom. The summed E-state index contributed by atoms with van der Waals surface area (Å²) in [6.07, 6.45) is -11.4. The van der Waals surface area contributed by atoms with Crippen molar-refractivity contribution in [2.75, 3.05) is 5.32 Å². The molecule has 0 fully saturated rings. The van der Waals surface area contributed by atoms with Crippen molar-refractivity contribution in [3.63, 3.8) is 0 Å². The largest absolute Gasteiger partial charge is 0.423 e. The molecule has 0 radical (unpaired) electrons. The Morgan fingerprint density at radius 1 is 1.07 bits per heavy atom. The Hall–Kier alpha value is -4.41. The van der Waals surface area contributed by atoms with E-state index in [1.54, 1.807) is 5.10 Å². The van der Waals surface area contributed by atoms with Crippen LogP contribution in [0.1, 0.15) is 24.5 Å². The number of alkyl halides is 7. The summed E-state index contributed by atoms with van der Waals surface area (Å²) in [5, 5.41) is 16.7. The number of nitrogens with one attached hydrogen (secondary N) is 2. The maximum Gasteiger partial charge on any atom is 0.423 e. The zero-order valence-corrected chi connectivity index (χ0v) is 22.0. The number of hydrogen-bond donors (Lipinski definition) is 3. The van der Waals surface area contributed by atoms with Gasteiger partial charge in [-0.05, 0) is 36.1 Å². The second-order valence-corrected chi connectivity index (χ2v) is 9.73. The molecule has 4 aromatic rings. The molecule has 0 saturated heterocycles. The number of fused-ring (bicyclic) bond motifs is 1. The summed E-state index contributed by atoms with van der Waals surface area (Å²) in [6, 6.07) is 2.59. The van der Waals surface area contributed by atoms with Gasteiger partial charge in [0.25, 0.3) is 11.1 Å². The molecule has 9 nitrogen and oxygen atoms in total. The van der Waals surface area contributed by atoms with E-state index in [2.05, 4.69) is 20.4 Å². The Labute approximate surface area is 236 Å². The lowest BCUT2D eigenvalue weighted by Gasteiger charge is -2.20. The van der Waals surface area contributed by atoms with Gasteiger partial charge in [-0.2, -0.15) is 31.4 Å². The molecule has 3 aromatic heterocycles. The van der Waals surface area contributed by atoms with Crippen LogP contribution in [0.15, 0.2) is 52.6 Å². The van der Waals surface area contributed by atoms with E-state index in [4.69, 9.17) is 0 Å². The molecule has 0 aliphatic heterocycles. The molecule has 3 N–H and O–H groups in total. The fourth-order valence-corrected chi connectivity index (χ4v) is 4.34. The summed E-state index contributed by atoms with van der Waals surface area (Å²) < 4.78 is 108. The van der Waals surface area contributed by atoms with Gasteiger partial charge in [-0.15, -0.1) is 0 Å². The van der Waals surface area contributed by atoms with E-state index in [9.17, 15) is 49.8 Å². The van der Waals surface area contributed by atoms with Gasteiger partial charge in [0.2, 0.25) is 0 Å². The number of benzene rings is 1. The normalized spacial score (nSPS) is 14.5. The van der Waals surface area contributed by atoms with Gasteiger partial charge in [-0.3, -0.25) is 9.59 Å². The maximum atomic E-state index is 15.0. The van der Waals surface area contributed by atoms with Crippen molar-refractivity contribution in [1.29, 1.82) is 0 Å². The molecule has 0 amide bonds. The van der Waals surface area contributed by atoms with Crippen LogP contribution in [0.4, 0.5) is 40.8 Å². The molecule has 0 aliphatic rings. The first-order valence-electron chi connectivity index (χ1n) is 12.5. The lowest BCUT2D eigenvalue weighted by atomic mass is 10.1. The molecule has 0 spiro atoms. The fourth-order valence-electron chi connectivity index (χ4n) is 4.34. The van der Waals surface area contributed by atoms with Crippen LogP contribution in [0.3, 0.4) is 0 Å². The summed E-state index contributed by atoms with van der Waals surface area (Å²) in [7, 11) is 0. The Kier molecular flexibility index (Phi) is 8.84. The summed E-state index contributed by atoms with van der Waals surface area (Å²) in [6.45, 7) is 0.860. The van der Waals surface area contributed by atoms with Crippen molar-refractivity contribution in [2.45, 2.75) is 57.0 Å². The number of aliphatic hydroxyl groups excluding tert-OH is 1. The van der Waals surface area contributed by atoms with Crippen molar-refractivity contribution in [1.82, 2.24) is 24.7 Å². The van der Waals surface area contributed by atoms with Crippen molar-refractivity contribution in [2.24, 2.45) is 0 Å². The van der Waals surface area contributed by atoms with Crippen molar-refractivity contribution < 1.29 is 40.2 Å². The number of pyridine rings is 1. The molecule has 17 heteroatoms. The first kappa shape index (κ1) is 31.5. The van der Waals surface area contributed by atoms with Crippen molar-refractivity contribution in [3.8, 4) is 11.4 Å². The molecule has 0 bridgehead atoms. The average molecular weight is 618 g/mol. The predicted molar refractivity (Wildman–Crippen MR) is 137 cm³/mol. The van der Waals surface area contributed by atoms with E-state index in [0.717, 1.165) is 29.2 Å². The smallest absolute Gasteiger partial charge is 0.383 e. The second-order valence-electron chi connectivity index (χ2n) is 9.73. The first-order chi connectivity index (χ1) is 20.0. The summed E-state index contributed by atoms with van der Waals surface area (Å²) in [5.74, 6) is -1.13. The Bertz CT molecular complexity index is 1720. The third kappa shape index (κ3) is 7.33. The van der Waals surface area contributed by atoms with E-state index < -0.39 is 71.8 Å². The SMILES string of the molecule is C[C@H](C[C@@H](F)Cn1ccc2cc(-c3ncc(C[C@H](O)C(F)(F)F)cn3)c(F)cc2c1=O)Nc1cn[nH]c(=O)c1C(F)(F)F. The van der Waals surface area contributed by atoms with E-state index in [-0.39, 0.29) is 34.1 Å². The third-order valence-corrected chi connectivity index (χ3v) is 6.36. The van der Waals surface area contributed by atoms with Gasteiger partial charge in [0.05, 0.1) is 29.4 Å². The first-order valence-corrected chi connectivity index (χ1v) is 12.5. The van der Waals surface area contributed by atoms with Crippen LogP contribution < -0.4 is 16.4 Å². The molecule has 0 unspecified atom stereocenters. The predicted octanol–water partition coefficient (Wildman–Crippen LogP) is 4.39. The minimum Gasteiger partial charge on any atom is -0.383 e. The Balaban J connectivity index is 1.48. The highest BCUT2D eigenvalue weighted by atomic mass is 19.4. The molecule has 43 heavy (non-hydrogen) atoms. The molecule has 4 rings (SSSR count). The zero-order valence-electron chi connectivity index (χ0n) is 22.0. The summed E-state index contributed by atoms with van der Waals surface area (Å²) in [5.41, 5.74) is -4.59. The van der Waals surface area contributed by atoms with Gasteiger partial charge in [-0.1, -0.05) is 0 Å². The molecule has 3 heterocycles. The molecule has 230 valence electrons. The van der Waals surface area contributed by atoms with E-state index in [0.29, 0.717) is 0 Å². The summed E-state index contributed by atoms with van der Waals surface area (Å²) in [4.78, 5) is 32.3. The quantitative estimate of drug-likeness (QED) is 0.238. The Morgan fingerprint density at radius 2 is 1.74 bits per heavy atom. The number of anilines is 1. The number of rotatable bonds is 9. The number of nitrogens with zero attached hydrogens (tertiary/aromatic N) is 4. The van der Waals surface area contributed by atoms with Crippen LogP contribution in [0, 0.1) is 5.82 Å². The number of hydrogen-bond acceptors (Lipinski definition) is 7. The van der Waals surface area contributed by atoms with E-state index in [1.807, 2.05) is 0 Å². The number of aromatic nitrogens is 5. The molecule has 0 aliphatic carbocycles. The minimum atomic E-state index is -4.99. The number of halogens is 8. The second kappa shape index (κ2) is 12.1. The maximum absolute atomic E-state index is 15.0. The van der Waals surface area contributed by atoms with Crippen LogP contribution >= 0.6 is 0 Å². The minimum absolute atomic E-state index is 0.0437. The van der Waals surface area contributed by atoms with Crippen molar-refractivity contribution in [3.05, 3.63) is 80.6 Å². The lowest BCUT2D eigenvalue weighted by Crippen LogP contribution is -2.30. The zero-order chi connectivity index (χ0) is 31.7. The van der Waals surface area contributed by atoms with Gasteiger partial charge in [0, 0.05) is 37.5 Å². The highest BCUT2D eigenvalue weighted by Gasteiger charge is 2.38. The molecular formula is C26H22F8N6O3. The number of H-pyrrole nitrogens is 1. The fraction of sp³-hybridized carbons (Fsp3) is 0.346. The topological polar surface area (TPSA) is 126 Å². The third-order valence-electron chi connectivity index (χ3n) is 6.36. The van der Waals surface area contributed by atoms with E-state index in [1.165, 1.54) is 25.3 Å². The summed E-state index contributed by atoms with van der Waals surface area (Å²) >= 11 is 0. The number of aromatic amines is 1. The molecule has 0 saturated carbocycles. The molecular weight excluding hydrogens is 596 g/mol. The lowest BCUT2D eigenvalue weighted by molar-refractivity contribution is -0.203. The molecule has 3 atom stereocenters. The van der Waals surface area contributed by atoms with Crippen molar-refractivity contribution >= 4 is 16.5 Å². The highest BCUT2D eigenvalue weighted by molar-refractivity contribution is 5.86.